The minimum Gasteiger partial charge on any atom is -0.0530 e. The summed E-state index contributed by atoms with van der Waals surface area (Å²) in [5, 5.41) is 0. The second kappa shape index (κ2) is 4.59. The van der Waals surface area contributed by atoms with Crippen LogP contribution in [0.2, 0.25) is 0 Å². The maximum atomic E-state index is 4.60. The molecule has 0 aromatic carbocycles. The maximum Gasteiger partial charge on any atom is -0.0256 e. The van der Waals surface area contributed by atoms with Gasteiger partial charge in [-0.2, -0.15) is 0 Å². The normalized spacial score (nSPS) is 60.4. The largest absolute Gasteiger partial charge is 0.0530 e. The van der Waals surface area contributed by atoms with E-state index in [9.17, 15) is 0 Å². The first-order valence-electron chi connectivity index (χ1n) is 11.0. The van der Waals surface area contributed by atoms with Crippen molar-refractivity contribution in [2.45, 2.75) is 83.5 Å². The highest BCUT2D eigenvalue weighted by molar-refractivity contribution is 5.12. The van der Waals surface area contributed by atoms with E-state index >= 15 is 0 Å². The van der Waals surface area contributed by atoms with Gasteiger partial charge in [0.25, 0.3) is 0 Å². The summed E-state index contributed by atoms with van der Waals surface area (Å²) in [6.45, 7) is 4.60. The van der Waals surface area contributed by atoms with Crippen LogP contribution in [0.4, 0.5) is 0 Å². The van der Waals surface area contributed by atoms with E-state index in [0.29, 0.717) is 0 Å². The zero-order chi connectivity index (χ0) is 15.2. The lowest BCUT2D eigenvalue weighted by Gasteiger charge is -2.67. The Balaban J connectivity index is 1.38. The Morgan fingerprint density at radius 2 is 0.826 bits per heavy atom. The van der Waals surface area contributed by atoms with Crippen LogP contribution < -0.4 is 0 Å². The van der Waals surface area contributed by atoms with Gasteiger partial charge in [0.1, 0.15) is 0 Å². The van der Waals surface area contributed by atoms with Gasteiger partial charge in [-0.25, -0.2) is 0 Å². The van der Waals surface area contributed by atoms with Crippen molar-refractivity contribution in [3.05, 3.63) is 6.92 Å². The summed E-state index contributed by atoms with van der Waals surface area (Å²) in [6.07, 6.45) is 20.5. The van der Waals surface area contributed by atoms with Crippen molar-refractivity contribution < 1.29 is 0 Å². The molecule has 127 valence electrons. The van der Waals surface area contributed by atoms with E-state index in [1.54, 1.807) is 77.0 Å². The van der Waals surface area contributed by atoms with Gasteiger partial charge in [-0.15, -0.1) is 0 Å². The molecule has 1 radical (unpaired) electrons. The molecule has 0 heteroatoms. The number of hydrogen-bond acceptors (Lipinski definition) is 0. The highest BCUT2D eigenvalue weighted by Crippen LogP contribution is 2.71. The number of hydrogen-bond donors (Lipinski definition) is 0. The lowest BCUT2D eigenvalue weighted by Crippen LogP contribution is -2.58. The molecule has 0 atom stereocenters. The molecule has 8 fully saturated rings. The Kier molecular flexibility index (Phi) is 2.83. The van der Waals surface area contributed by atoms with E-state index in [1.165, 1.54) is 6.42 Å². The van der Waals surface area contributed by atoms with Gasteiger partial charge in [-0.3, -0.25) is 0 Å². The lowest BCUT2D eigenvalue weighted by atomic mass is 9.38. The van der Waals surface area contributed by atoms with Crippen LogP contribution in [0.25, 0.3) is 0 Å². The lowest BCUT2D eigenvalue weighted by molar-refractivity contribution is -0.171. The van der Waals surface area contributed by atoms with Crippen LogP contribution in [-0.2, 0) is 0 Å². The fourth-order valence-corrected chi connectivity index (χ4v) is 10.5. The fourth-order valence-electron chi connectivity index (χ4n) is 10.5. The van der Waals surface area contributed by atoms with E-state index in [0.717, 1.165) is 52.3 Å². The average molecular weight is 312 g/mol. The number of rotatable bonds is 3. The van der Waals surface area contributed by atoms with Crippen LogP contribution in [0.1, 0.15) is 83.5 Å². The van der Waals surface area contributed by atoms with Gasteiger partial charge in [-0.1, -0.05) is 6.92 Å². The van der Waals surface area contributed by atoms with Gasteiger partial charge in [0.15, 0.2) is 0 Å². The van der Waals surface area contributed by atoms with E-state index in [2.05, 4.69) is 6.92 Å². The Hall–Kier alpha value is 0. The summed E-state index contributed by atoms with van der Waals surface area (Å²) >= 11 is 0. The molecule has 0 aromatic rings. The highest BCUT2D eigenvalue weighted by atomic mass is 14.7. The van der Waals surface area contributed by atoms with E-state index in [1.807, 2.05) is 0 Å². The van der Waals surface area contributed by atoms with Gasteiger partial charge in [-0.05, 0) is 136 Å². The summed E-state index contributed by atoms with van der Waals surface area (Å²) in [4.78, 5) is 0. The van der Waals surface area contributed by atoms with E-state index < -0.39 is 0 Å². The molecule has 0 nitrogen and oxygen atoms in total. The molecule has 0 aromatic heterocycles. The van der Waals surface area contributed by atoms with Crippen LogP contribution in [0, 0.1) is 59.2 Å². The van der Waals surface area contributed by atoms with E-state index in [-0.39, 0.29) is 0 Å². The molecule has 23 heavy (non-hydrogen) atoms. The molecule has 0 heterocycles. The average Bonchev–Trinajstić information content (AvgIpc) is 2.43. The van der Waals surface area contributed by atoms with Crippen molar-refractivity contribution >= 4 is 0 Å². The van der Waals surface area contributed by atoms with Crippen LogP contribution in [-0.4, -0.2) is 0 Å². The Morgan fingerprint density at radius 1 is 0.565 bits per heavy atom. The van der Waals surface area contributed by atoms with Gasteiger partial charge < -0.3 is 0 Å². The quantitative estimate of drug-likeness (QED) is 0.577. The first-order chi connectivity index (χ1) is 11.2. The third-order valence-corrected chi connectivity index (χ3v) is 9.94. The van der Waals surface area contributed by atoms with Crippen molar-refractivity contribution in [1.82, 2.24) is 0 Å². The van der Waals surface area contributed by atoms with Gasteiger partial charge in [0.2, 0.25) is 0 Å². The van der Waals surface area contributed by atoms with Crippen LogP contribution >= 0.6 is 0 Å². The maximum absolute atomic E-state index is 4.60. The first-order valence-corrected chi connectivity index (χ1v) is 11.0. The van der Waals surface area contributed by atoms with E-state index in [4.69, 9.17) is 0 Å². The molecule has 8 bridgehead atoms. The van der Waals surface area contributed by atoms with Gasteiger partial charge in [0.05, 0.1) is 0 Å². The van der Waals surface area contributed by atoms with Crippen LogP contribution in [0.5, 0.6) is 0 Å². The SMILES string of the molecule is [CH2]CC(C12CC3CC(CC(C3)C1)C2)C12CC3CC(CC(C3)C1)C2. The van der Waals surface area contributed by atoms with Crippen molar-refractivity contribution in [1.29, 1.82) is 0 Å². The monoisotopic (exact) mass is 311 g/mol. The van der Waals surface area contributed by atoms with Gasteiger partial charge in [0, 0.05) is 0 Å². The molecular formula is C23H35. The standard InChI is InChI=1S/C23H35/c1-2-21(22-9-15-3-16(10-22)5-17(4-15)11-22)23-12-18-6-19(13-23)8-20(7-18)14-23/h15-21H,1-14H2. The molecule has 8 aliphatic carbocycles. The minimum atomic E-state index is 0.752. The smallest absolute Gasteiger partial charge is 0.0256 e. The third-order valence-electron chi connectivity index (χ3n) is 9.94. The van der Waals surface area contributed by atoms with Crippen molar-refractivity contribution in [3.63, 3.8) is 0 Å². The molecule has 0 saturated heterocycles. The predicted molar refractivity (Wildman–Crippen MR) is 94.7 cm³/mol. The summed E-state index contributed by atoms with van der Waals surface area (Å²) in [6, 6.07) is 0. The second-order valence-electron chi connectivity index (χ2n) is 11.4. The summed E-state index contributed by atoms with van der Waals surface area (Å²) in [5.41, 5.74) is 1.50. The third kappa shape index (κ3) is 1.90. The first kappa shape index (κ1) is 14.2. The molecule has 0 aliphatic heterocycles. The molecule has 0 unspecified atom stereocenters. The summed E-state index contributed by atoms with van der Waals surface area (Å²) in [5.74, 6) is 7.69. The molecule has 0 spiro atoms. The molecule has 0 N–H and O–H groups in total. The molecule has 8 rings (SSSR count). The van der Waals surface area contributed by atoms with Crippen LogP contribution in [0.15, 0.2) is 0 Å². The topological polar surface area (TPSA) is 0 Å². The molecule has 8 saturated carbocycles. The molecular weight excluding hydrogens is 276 g/mol. The summed E-state index contributed by atoms with van der Waals surface area (Å²) < 4.78 is 0. The predicted octanol–water partition coefficient (Wildman–Crippen LogP) is 6.26. The van der Waals surface area contributed by atoms with Crippen molar-refractivity contribution in [2.75, 3.05) is 0 Å². The van der Waals surface area contributed by atoms with Gasteiger partial charge >= 0.3 is 0 Å². The molecule has 8 aliphatic rings. The Labute approximate surface area is 143 Å². The zero-order valence-corrected chi connectivity index (χ0v) is 14.9. The second-order valence-corrected chi connectivity index (χ2v) is 11.4. The van der Waals surface area contributed by atoms with Crippen LogP contribution in [0.3, 0.4) is 0 Å². The Morgan fingerprint density at radius 3 is 1.04 bits per heavy atom. The summed E-state index contributed by atoms with van der Waals surface area (Å²) in [7, 11) is 0. The minimum absolute atomic E-state index is 0.752. The van der Waals surface area contributed by atoms with Crippen molar-refractivity contribution in [2.24, 2.45) is 52.3 Å². The fraction of sp³-hybridized carbons (Fsp3) is 0.957. The van der Waals surface area contributed by atoms with Crippen molar-refractivity contribution in [3.8, 4) is 0 Å². The Bertz CT molecular complexity index is 386. The highest BCUT2D eigenvalue weighted by Gasteiger charge is 2.61. The zero-order valence-electron chi connectivity index (χ0n) is 14.9. The molecule has 0 amide bonds.